The Morgan fingerprint density at radius 1 is 0.857 bits per heavy atom. The second-order valence-electron chi connectivity index (χ2n) is 8.02. The summed E-state index contributed by atoms with van der Waals surface area (Å²) in [5.74, 6) is 0.917. The quantitative estimate of drug-likeness (QED) is 0.789. The van der Waals surface area contributed by atoms with Gasteiger partial charge in [-0.15, -0.1) is 0 Å². The Bertz CT molecular complexity index is 308. The van der Waals surface area contributed by atoms with E-state index in [0.717, 1.165) is 12.0 Å². The van der Waals surface area contributed by atoms with Gasteiger partial charge in [0, 0.05) is 43.8 Å². The van der Waals surface area contributed by atoms with Gasteiger partial charge in [0.1, 0.15) is 0 Å². The maximum atomic E-state index is 2.76. The van der Waals surface area contributed by atoms with Gasteiger partial charge in [-0.25, -0.2) is 0 Å². The number of hydrogen-bond donors (Lipinski definition) is 0. The van der Waals surface area contributed by atoms with E-state index in [1.165, 1.54) is 45.6 Å². The van der Waals surface area contributed by atoms with Crippen LogP contribution in [0.2, 0.25) is 0 Å². The summed E-state index contributed by atoms with van der Waals surface area (Å²) in [5, 5.41) is 0. The van der Waals surface area contributed by atoms with E-state index in [9.17, 15) is 0 Å². The molecule has 21 heavy (non-hydrogen) atoms. The van der Waals surface area contributed by atoms with Crippen LogP contribution < -0.4 is 0 Å². The highest BCUT2D eigenvalue weighted by molar-refractivity contribution is 4.88. The summed E-state index contributed by atoms with van der Waals surface area (Å²) >= 11 is 0. The van der Waals surface area contributed by atoms with Gasteiger partial charge in [0.25, 0.3) is 0 Å². The van der Waals surface area contributed by atoms with Crippen molar-refractivity contribution < 1.29 is 0 Å². The lowest BCUT2D eigenvalue weighted by Gasteiger charge is -2.47. The number of rotatable bonds is 4. The van der Waals surface area contributed by atoms with Crippen LogP contribution in [0.5, 0.6) is 0 Å². The van der Waals surface area contributed by atoms with E-state index >= 15 is 0 Å². The van der Waals surface area contributed by atoms with Crippen molar-refractivity contribution in [1.82, 2.24) is 14.7 Å². The van der Waals surface area contributed by atoms with Crippen molar-refractivity contribution in [3.05, 3.63) is 0 Å². The predicted molar refractivity (Wildman–Crippen MR) is 91.8 cm³/mol. The standard InChI is InChI=1S/C18H37N3/c1-14(2)19-9-7-18(8-10-19)13-20-11-17(6)21(15(3)4)12-16(20)5/h14-18H,7-13H2,1-6H3. The monoisotopic (exact) mass is 295 g/mol. The van der Waals surface area contributed by atoms with Crippen LogP contribution in [0, 0.1) is 5.92 Å². The fourth-order valence-corrected chi connectivity index (χ4v) is 4.18. The Morgan fingerprint density at radius 3 is 2.00 bits per heavy atom. The molecule has 0 amide bonds. The van der Waals surface area contributed by atoms with Gasteiger partial charge in [0.05, 0.1) is 0 Å². The van der Waals surface area contributed by atoms with Crippen molar-refractivity contribution in [3.8, 4) is 0 Å². The third kappa shape index (κ3) is 4.43. The Balaban J connectivity index is 1.81. The number of hydrogen-bond acceptors (Lipinski definition) is 3. The van der Waals surface area contributed by atoms with Gasteiger partial charge in [0.2, 0.25) is 0 Å². The first-order valence-electron chi connectivity index (χ1n) is 9.12. The van der Waals surface area contributed by atoms with Gasteiger partial charge >= 0.3 is 0 Å². The van der Waals surface area contributed by atoms with Gasteiger partial charge in [-0.2, -0.15) is 0 Å². The third-order valence-corrected chi connectivity index (χ3v) is 5.70. The second kappa shape index (κ2) is 7.43. The molecule has 0 aromatic carbocycles. The molecule has 0 aromatic heterocycles. The normalized spacial score (nSPS) is 31.4. The number of nitrogens with zero attached hydrogens (tertiary/aromatic N) is 3. The first kappa shape index (κ1) is 17.2. The van der Waals surface area contributed by atoms with Gasteiger partial charge in [0.15, 0.2) is 0 Å². The van der Waals surface area contributed by atoms with Crippen molar-refractivity contribution in [2.24, 2.45) is 5.92 Å². The first-order chi connectivity index (χ1) is 9.88. The minimum atomic E-state index is 0.680. The van der Waals surface area contributed by atoms with Gasteiger partial charge in [-0.3, -0.25) is 9.80 Å². The number of likely N-dealkylation sites (tertiary alicyclic amines) is 1. The lowest BCUT2D eigenvalue weighted by atomic mass is 9.94. The molecule has 2 unspecified atom stereocenters. The Labute approximate surface area is 132 Å². The molecule has 0 saturated carbocycles. The Morgan fingerprint density at radius 2 is 1.48 bits per heavy atom. The molecule has 2 fully saturated rings. The summed E-state index contributed by atoms with van der Waals surface area (Å²) in [6, 6.07) is 2.82. The average molecular weight is 296 g/mol. The van der Waals surface area contributed by atoms with Gasteiger partial charge in [-0.05, 0) is 73.4 Å². The zero-order chi connectivity index (χ0) is 15.6. The summed E-state index contributed by atoms with van der Waals surface area (Å²) in [5.41, 5.74) is 0. The zero-order valence-electron chi connectivity index (χ0n) is 15.2. The molecule has 0 N–H and O–H groups in total. The van der Waals surface area contributed by atoms with Gasteiger partial charge < -0.3 is 4.90 Å². The van der Waals surface area contributed by atoms with Crippen molar-refractivity contribution in [3.63, 3.8) is 0 Å². The van der Waals surface area contributed by atoms with E-state index in [-0.39, 0.29) is 0 Å². The summed E-state index contributed by atoms with van der Waals surface area (Å²) in [4.78, 5) is 8.07. The molecule has 0 aromatic rings. The van der Waals surface area contributed by atoms with E-state index in [2.05, 4.69) is 56.2 Å². The topological polar surface area (TPSA) is 9.72 Å². The summed E-state index contributed by atoms with van der Waals surface area (Å²) in [6.07, 6.45) is 2.79. The lowest BCUT2D eigenvalue weighted by molar-refractivity contribution is 0.00819. The van der Waals surface area contributed by atoms with Crippen molar-refractivity contribution >= 4 is 0 Å². The summed E-state index contributed by atoms with van der Waals surface area (Å²) in [7, 11) is 0. The second-order valence-corrected chi connectivity index (χ2v) is 8.02. The first-order valence-corrected chi connectivity index (χ1v) is 9.12. The van der Waals surface area contributed by atoms with Crippen LogP contribution in [0.1, 0.15) is 54.4 Å². The molecule has 2 aliphatic heterocycles. The number of piperazine rings is 1. The van der Waals surface area contributed by atoms with Crippen molar-refractivity contribution in [2.75, 3.05) is 32.7 Å². The van der Waals surface area contributed by atoms with Crippen LogP contribution in [0.25, 0.3) is 0 Å². The molecule has 0 bridgehead atoms. The molecule has 2 rings (SSSR count). The molecule has 2 atom stereocenters. The van der Waals surface area contributed by atoms with Crippen LogP contribution in [-0.4, -0.2) is 71.6 Å². The molecule has 3 heteroatoms. The maximum Gasteiger partial charge on any atom is 0.0198 e. The molecule has 2 heterocycles. The van der Waals surface area contributed by atoms with Crippen LogP contribution in [0.4, 0.5) is 0 Å². The number of piperidine rings is 1. The zero-order valence-corrected chi connectivity index (χ0v) is 15.2. The SMILES string of the molecule is CC(C)N1CCC(CN2CC(C)N(C(C)C)CC2C)CC1. The highest BCUT2D eigenvalue weighted by atomic mass is 15.3. The van der Waals surface area contributed by atoms with Crippen LogP contribution in [0.15, 0.2) is 0 Å². The molecule has 0 radical (unpaired) electrons. The molecule has 0 spiro atoms. The van der Waals surface area contributed by atoms with Crippen LogP contribution in [0.3, 0.4) is 0 Å². The van der Waals surface area contributed by atoms with Crippen molar-refractivity contribution in [2.45, 2.75) is 78.6 Å². The van der Waals surface area contributed by atoms with Gasteiger partial charge in [-0.1, -0.05) is 0 Å². The Kier molecular flexibility index (Phi) is 6.10. The largest absolute Gasteiger partial charge is 0.301 e. The average Bonchev–Trinajstić information content (AvgIpc) is 2.42. The molecule has 124 valence electrons. The molecule has 2 saturated heterocycles. The third-order valence-electron chi connectivity index (χ3n) is 5.70. The van der Waals surface area contributed by atoms with Crippen LogP contribution in [-0.2, 0) is 0 Å². The summed E-state index contributed by atoms with van der Waals surface area (Å²) < 4.78 is 0. The minimum absolute atomic E-state index is 0.680. The van der Waals surface area contributed by atoms with Crippen LogP contribution >= 0.6 is 0 Å². The fraction of sp³-hybridized carbons (Fsp3) is 1.00. The maximum absolute atomic E-state index is 2.76. The van der Waals surface area contributed by atoms with E-state index < -0.39 is 0 Å². The highest BCUT2D eigenvalue weighted by Crippen LogP contribution is 2.24. The lowest BCUT2D eigenvalue weighted by Crippen LogP contribution is -2.59. The minimum Gasteiger partial charge on any atom is -0.301 e. The van der Waals surface area contributed by atoms with E-state index in [1.807, 2.05) is 0 Å². The molecule has 0 aliphatic carbocycles. The smallest absolute Gasteiger partial charge is 0.0198 e. The molecular weight excluding hydrogens is 258 g/mol. The van der Waals surface area contributed by atoms with E-state index in [1.54, 1.807) is 0 Å². The summed E-state index contributed by atoms with van der Waals surface area (Å²) in [6.45, 7) is 20.6. The molecule has 2 aliphatic rings. The molecule has 3 nitrogen and oxygen atoms in total. The molecular formula is C18H37N3. The van der Waals surface area contributed by atoms with Crippen molar-refractivity contribution in [1.29, 1.82) is 0 Å². The Hall–Kier alpha value is -0.120. The van der Waals surface area contributed by atoms with E-state index in [4.69, 9.17) is 0 Å². The highest BCUT2D eigenvalue weighted by Gasteiger charge is 2.32. The predicted octanol–water partition coefficient (Wildman–Crippen LogP) is 2.91. The fourth-order valence-electron chi connectivity index (χ4n) is 4.18. The van der Waals surface area contributed by atoms with E-state index in [0.29, 0.717) is 18.1 Å².